The summed E-state index contributed by atoms with van der Waals surface area (Å²) in [6, 6.07) is 2.01. The van der Waals surface area contributed by atoms with Gasteiger partial charge in [0.1, 0.15) is 0 Å². The van der Waals surface area contributed by atoms with Gasteiger partial charge in [-0.1, -0.05) is 24.2 Å². The summed E-state index contributed by atoms with van der Waals surface area (Å²) >= 11 is 1.44. The Morgan fingerprint density at radius 3 is 3.00 bits per heavy atom. The molecule has 0 aromatic carbocycles. The largest absolute Gasteiger partial charge is 0.357 e. The van der Waals surface area contributed by atoms with Gasteiger partial charge in [0, 0.05) is 17.8 Å². The highest BCUT2D eigenvalue weighted by molar-refractivity contribution is 7.20. The van der Waals surface area contributed by atoms with Crippen LogP contribution in [0.25, 0.3) is 4.96 Å². The Morgan fingerprint density at radius 1 is 1.47 bits per heavy atom. The Bertz CT molecular complexity index is 597. The maximum atomic E-state index is 11.7. The van der Waals surface area contributed by atoms with Crippen LogP contribution in [0.5, 0.6) is 0 Å². The van der Waals surface area contributed by atoms with E-state index in [0.717, 1.165) is 10.8 Å². The van der Waals surface area contributed by atoms with E-state index in [2.05, 4.69) is 15.4 Å². The number of aryl methyl sites for hydroxylation is 1. The molecule has 90 valence electrons. The second-order valence-corrected chi connectivity index (χ2v) is 5.42. The molecule has 1 aliphatic carbocycles. The van der Waals surface area contributed by atoms with Gasteiger partial charge < -0.3 is 5.32 Å². The van der Waals surface area contributed by atoms with Crippen molar-refractivity contribution in [3.63, 3.8) is 0 Å². The molecule has 0 amide bonds. The molecule has 1 fully saturated rings. The molecule has 0 radical (unpaired) electrons. The van der Waals surface area contributed by atoms with Crippen LogP contribution in [0.1, 0.15) is 31.4 Å². The van der Waals surface area contributed by atoms with Crippen LogP contribution in [0.2, 0.25) is 0 Å². The van der Waals surface area contributed by atoms with E-state index in [1.165, 1.54) is 47.6 Å². The van der Waals surface area contributed by atoms with E-state index in [1.807, 2.05) is 6.92 Å². The van der Waals surface area contributed by atoms with E-state index in [9.17, 15) is 4.79 Å². The van der Waals surface area contributed by atoms with Crippen molar-refractivity contribution in [3.05, 3.63) is 22.1 Å². The van der Waals surface area contributed by atoms with Crippen molar-refractivity contribution in [2.45, 2.75) is 38.6 Å². The van der Waals surface area contributed by atoms with E-state index in [1.54, 1.807) is 0 Å². The summed E-state index contributed by atoms with van der Waals surface area (Å²) < 4.78 is 1.37. The van der Waals surface area contributed by atoms with E-state index in [-0.39, 0.29) is 5.56 Å². The Hall–Kier alpha value is -1.43. The second-order valence-electron chi connectivity index (χ2n) is 4.46. The first-order valence-electron chi connectivity index (χ1n) is 5.86. The summed E-state index contributed by atoms with van der Waals surface area (Å²) in [6.07, 6.45) is 4.94. The van der Waals surface area contributed by atoms with E-state index in [4.69, 9.17) is 0 Å². The monoisotopic (exact) mass is 250 g/mol. The van der Waals surface area contributed by atoms with Crippen LogP contribution in [0, 0.1) is 6.92 Å². The molecule has 2 aromatic heterocycles. The highest BCUT2D eigenvalue weighted by atomic mass is 32.1. The summed E-state index contributed by atoms with van der Waals surface area (Å²) in [5.74, 6) is 0. The summed E-state index contributed by atoms with van der Waals surface area (Å²) in [5, 5.41) is 8.45. The summed E-state index contributed by atoms with van der Waals surface area (Å²) in [6.45, 7) is 1.82. The van der Waals surface area contributed by atoms with Gasteiger partial charge in [0.2, 0.25) is 10.1 Å². The lowest BCUT2D eigenvalue weighted by molar-refractivity contribution is 0.747. The van der Waals surface area contributed by atoms with Gasteiger partial charge >= 0.3 is 0 Å². The number of hydrogen-bond acceptors (Lipinski definition) is 5. The minimum absolute atomic E-state index is 0.108. The molecular formula is C11H14N4OS. The fourth-order valence-electron chi connectivity index (χ4n) is 2.22. The summed E-state index contributed by atoms with van der Waals surface area (Å²) in [5.41, 5.74) is 0.634. The molecule has 0 aliphatic heterocycles. The molecule has 0 unspecified atom stereocenters. The number of nitrogens with one attached hydrogen (secondary N) is 1. The maximum absolute atomic E-state index is 11.7. The predicted molar refractivity (Wildman–Crippen MR) is 67.7 cm³/mol. The molecule has 0 spiro atoms. The summed E-state index contributed by atoms with van der Waals surface area (Å²) in [7, 11) is 0. The number of aromatic nitrogens is 3. The van der Waals surface area contributed by atoms with Gasteiger partial charge in [-0.15, -0.1) is 5.10 Å². The lowest BCUT2D eigenvalue weighted by atomic mass is 10.3. The molecule has 1 aliphatic rings. The molecule has 1 N–H and O–H groups in total. The van der Waals surface area contributed by atoms with Crippen LogP contribution in [-0.2, 0) is 0 Å². The van der Waals surface area contributed by atoms with Crippen LogP contribution in [0.15, 0.2) is 10.9 Å². The fraction of sp³-hybridized carbons (Fsp3) is 0.545. The average Bonchev–Trinajstić information content (AvgIpc) is 2.87. The second kappa shape index (κ2) is 4.10. The van der Waals surface area contributed by atoms with Crippen molar-refractivity contribution in [2.75, 3.05) is 5.32 Å². The third kappa shape index (κ3) is 2.04. The SMILES string of the molecule is Cc1cc(=O)n2nc(NC3CCCC3)sc2n1. The van der Waals surface area contributed by atoms with Crippen molar-refractivity contribution in [1.82, 2.24) is 14.6 Å². The molecule has 0 bridgehead atoms. The van der Waals surface area contributed by atoms with Crippen molar-refractivity contribution < 1.29 is 0 Å². The smallest absolute Gasteiger partial charge is 0.275 e. The van der Waals surface area contributed by atoms with Crippen LogP contribution >= 0.6 is 11.3 Å². The molecule has 2 heterocycles. The zero-order valence-electron chi connectivity index (χ0n) is 9.64. The normalized spacial score (nSPS) is 16.8. The third-order valence-corrected chi connectivity index (χ3v) is 3.90. The van der Waals surface area contributed by atoms with E-state index in [0.29, 0.717) is 11.0 Å². The highest BCUT2D eigenvalue weighted by Gasteiger charge is 2.16. The number of hydrogen-bond donors (Lipinski definition) is 1. The van der Waals surface area contributed by atoms with Crippen LogP contribution < -0.4 is 10.9 Å². The number of nitrogens with zero attached hydrogens (tertiary/aromatic N) is 3. The number of rotatable bonds is 2. The van der Waals surface area contributed by atoms with E-state index < -0.39 is 0 Å². The van der Waals surface area contributed by atoms with Gasteiger partial charge in [0.15, 0.2) is 0 Å². The minimum Gasteiger partial charge on any atom is -0.357 e. The molecule has 0 saturated heterocycles. The van der Waals surface area contributed by atoms with Gasteiger partial charge in [-0.25, -0.2) is 4.98 Å². The zero-order chi connectivity index (χ0) is 11.8. The molecule has 5 nitrogen and oxygen atoms in total. The molecule has 0 atom stereocenters. The average molecular weight is 250 g/mol. The number of anilines is 1. The first-order chi connectivity index (χ1) is 8.22. The maximum Gasteiger partial charge on any atom is 0.275 e. The molecule has 6 heteroatoms. The predicted octanol–water partition coefficient (Wildman–Crippen LogP) is 1.81. The molecule has 3 rings (SSSR count). The Morgan fingerprint density at radius 2 is 2.24 bits per heavy atom. The van der Waals surface area contributed by atoms with Gasteiger partial charge in [0.05, 0.1) is 0 Å². The summed E-state index contributed by atoms with van der Waals surface area (Å²) in [4.78, 5) is 16.7. The first kappa shape index (κ1) is 10.7. The van der Waals surface area contributed by atoms with Crippen molar-refractivity contribution in [1.29, 1.82) is 0 Å². The van der Waals surface area contributed by atoms with Crippen molar-refractivity contribution in [2.24, 2.45) is 0 Å². The minimum atomic E-state index is -0.108. The third-order valence-electron chi connectivity index (χ3n) is 3.06. The van der Waals surface area contributed by atoms with Crippen LogP contribution in [0.4, 0.5) is 5.13 Å². The first-order valence-corrected chi connectivity index (χ1v) is 6.68. The topological polar surface area (TPSA) is 59.3 Å². The van der Waals surface area contributed by atoms with Crippen molar-refractivity contribution in [3.8, 4) is 0 Å². The van der Waals surface area contributed by atoms with Gasteiger partial charge in [-0.05, 0) is 19.8 Å². The number of fused-ring (bicyclic) bond motifs is 1. The van der Waals surface area contributed by atoms with Gasteiger partial charge in [-0.2, -0.15) is 4.52 Å². The lowest BCUT2D eigenvalue weighted by Crippen LogP contribution is -2.17. The molecule has 1 saturated carbocycles. The van der Waals surface area contributed by atoms with Gasteiger partial charge in [0.25, 0.3) is 5.56 Å². The molecular weight excluding hydrogens is 236 g/mol. The molecule has 2 aromatic rings. The quantitative estimate of drug-likeness (QED) is 0.883. The van der Waals surface area contributed by atoms with Crippen molar-refractivity contribution >= 4 is 21.4 Å². The standard InChI is InChI=1S/C11H14N4OS/c1-7-6-9(16)15-11(12-7)17-10(14-15)13-8-4-2-3-5-8/h6,8H,2-5H2,1H3,(H,13,14). The fourth-order valence-corrected chi connectivity index (χ4v) is 3.15. The Kier molecular flexibility index (Phi) is 2.58. The Labute approximate surface area is 103 Å². The van der Waals surface area contributed by atoms with Crippen LogP contribution in [-0.4, -0.2) is 20.6 Å². The van der Waals surface area contributed by atoms with E-state index >= 15 is 0 Å². The Balaban J connectivity index is 1.95. The van der Waals surface area contributed by atoms with Gasteiger partial charge in [-0.3, -0.25) is 4.79 Å². The zero-order valence-corrected chi connectivity index (χ0v) is 10.5. The highest BCUT2D eigenvalue weighted by Crippen LogP contribution is 2.24. The molecule has 17 heavy (non-hydrogen) atoms. The van der Waals surface area contributed by atoms with Crippen LogP contribution in [0.3, 0.4) is 0 Å². The lowest BCUT2D eigenvalue weighted by Gasteiger charge is -2.08.